The fraction of sp³-hybridized carbons (Fsp3) is 0.650. The molecule has 1 N–H and O–H groups in total. The monoisotopic (exact) mass is 507 g/mol. The lowest BCUT2D eigenvalue weighted by molar-refractivity contribution is 0.124. The zero-order chi connectivity index (χ0) is 18.9. The number of nitrogens with one attached hydrogen (secondary N) is 1. The predicted octanol–water partition coefficient (Wildman–Crippen LogP) is 3.24. The molecule has 0 amide bonds. The number of halogens is 2. The van der Waals surface area contributed by atoms with Gasteiger partial charge in [-0.1, -0.05) is 43.6 Å². The van der Waals surface area contributed by atoms with E-state index in [1.807, 2.05) is 32.3 Å². The van der Waals surface area contributed by atoms with Crippen LogP contribution in [0.3, 0.4) is 0 Å². The Morgan fingerprint density at radius 2 is 1.85 bits per heavy atom. The fourth-order valence-electron chi connectivity index (χ4n) is 3.40. The van der Waals surface area contributed by atoms with Gasteiger partial charge in [0.2, 0.25) is 0 Å². The molecular weight excluding hydrogens is 473 g/mol. The second-order valence-electron chi connectivity index (χ2n) is 7.22. The van der Waals surface area contributed by atoms with E-state index in [2.05, 4.69) is 44.9 Å². The van der Waals surface area contributed by atoms with Gasteiger partial charge in [0.1, 0.15) is 0 Å². The molecule has 0 spiro atoms. The Balaban J connectivity index is 0.00000364. The van der Waals surface area contributed by atoms with E-state index < -0.39 is 0 Å². The Bertz CT molecular complexity index is 575. The third-order valence-electron chi connectivity index (χ3n) is 5.03. The van der Waals surface area contributed by atoms with Crippen molar-refractivity contribution >= 4 is 41.5 Å². The molecule has 0 aliphatic carbocycles. The number of hydrogen-bond donors (Lipinski definition) is 1. The predicted molar refractivity (Wildman–Crippen MR) is 127 cm³/mol. The van der Waals surface area contributed by atoms with E-state index in [-0.39, 0.29) is 24.0 Å². The van der Waals surface area contributed by atoms with Gasteiger partial charge in [0.15, 0.2) is 5.96 Å². The van der Waals surface area contributed by atoms with Crippen molar-refractivity contribution in [2.24, 2.45) is 10.9 Å². The van der Waals surface area contributed by atoms with Crippen molar-refractivity contribution in [2.45, 2.75) is 20.4 Å². The second kappa shape index (κ2) is 12.8. The van der Waals surface area contributed by atoms with E-state index in [1.54, 1.807) is 0 Å². The van der Waals surface area contributed by atoms with Crippen LogP contribution < -0.4 is 5.32 Å². The van der Waals surface area contributed by atoms with Crippen molar-refractivity contribution in [3.63, 3.8) is 0 Å². The Kier molecular flexibility index (Phi) is 11.6. The fourth-order valence-corrected chi connectivity index (χ4v) is 3.60. The Hall–Kier alpha value is -0.570. The van der Waals surface area contributed by atoms with Gasteiger partial charge < -0.3 is 20.0 Å². The van der Waals surface area contributed by atoms with Gasteiger partial charge in [-0.05, 0) is 24.1 Å². The van der Waals surface area contributed by atoms with Crippen LogP contribution in [-0.4, -0.2) is 80.6 Å². The average molecular weight is 508 g/mol. The zero-order valence-corrected chi connectivity index (χ0v) is 20.2. The molecule has 27 heavy (non-hydrogen) atoms. The maximum atomic E-state index is 6.28. The maximum Gasteiger partial charge on any atom is 0.193 e. The van der Waals surface area contributed by atoms with Gasteiger partial charge in [0, 0.05) is 64.9 Å². The second-order valence-corrected chi connectivity index (χ2v) is 7.62. The van der Waals surface area contributed by atoms with Gasteiger partial charge in [-0.25, -0.2) is 0 Å². The van der Waals surface area contributed by atoms with Gasteiger partial charge in [0.25, 0.3) is 0 Å². The Morgan fingerprint density at radius 3 is 2.44 bits per heavy atom. The average Bonchev–Trinajstić information content (AvgIpc) is 2.64. The molecule has 154 valence electrons. The highest BCUT2D eigenvalue weighted by atomic mass is 127. The van der Waals surface area contributed by atoms with Crippen LogP contribution in [0.1, 0.15) is 19.4 Å². The zero-order valence-electron chi connectivity index (χ0n) is 17.1. The van der Waals surface area contributed by atoms with Crippen molar-refractivity contribution in [3.05, 3.63) is 34.9 Å². The summed E-state index contributed by atoms with van der Waals surface area (Å²) in [6, 6.07) is 7.97. The lowest BCUT2D eigenvalue weighted by Crippen LogP contribution is -2.48. The Morgan fingerprint density at radius 1 is 1.22 bits per heavy atom. The molecule has 0 radical (unpaired) electrons. The summed E-state index contributed by atoms with van der Waals surface area (Å²) in [5, 5.41) is 4.31. The van der Waals surface area contributed by atoms with E-state index in [4.69, 9.17) is 11.6 Å². The van der Waals surface area contributed by atoms with Crippen molar-refractivity contribution in [1.29, 1.82) is 0 Å². The first-order valence-electron chi connectivity index (χ1n) is 9.63. The molecule has 5 nitrogen and oxygen atoms in total. The van der Waals surface area contributed by atoms with E-state index in [0.29, 0.717) is 5.92 Å². The summed E-state index contributed by atoms with van der Waals surface area (Å²) in [5.41, 5.74) is 1.11. The van der Waals surface area contributed by atoms with Crippen molar-refractivity contribution in [1.82, 2.24) is 20.0 Å². The lowest BCUT2D eigenvalue weighted by Gasteiger charge is -2.35. The highest BCUT2D eigenvalue weighted by Crippen LogP contribution is 2.16. The van der Waals surface area contributed by atoms with E-state index >= 15 is 0 Å². The minimum atomic E-state index is 0. The standard InChI is InChI=1S/C20H34ClN5.HI/c1-5-25-10-12-26(13-11-25)15-17(2)14-23-20(22-3)24(4)16-18-8-6-7-9-19(18)21;/h6-9,17H,5,10-16H2,1-4H3,(H,22,23);1H. The maximum absolute atomic E-state index is 6.28. The summed E-state index contributed by atoms with van der Waals surface area (Å²) in [5.74, 6) is 1.49. The molecular formula is C20H35ClIN5. The smallest absolute Gasteiger partial charge is 0.193 e. The first-order chi connectivity index (χ1) is 12.5. The largest absolute Gasteiger partial charge is 0.356 e. The van der Waals surface area contributed by atoms with Crippen LogP contribution >= 0.6 is 35.6 Å². The third-order valence-corrected chi connectivity index (χ3v) is 5.40. The SMILES string of the molecule is CCN1CCN(CC(C)CNC(=NC)N(C)Cc2ccccc2Cl)CC1.I. The number of hydrogen-bond acceptors (Lipinski definition) is 3. The quantitative estimate of drug-likeness (QED) is 0.349. The van der Waals surface area contributed by atoms with Gasteiger partial charge in [-0.15, -0.1) is 24.0 Å². The summed E-state index contributed by atoms with van der Waals surface area (Å²) in [6.45, 7) is 13.3. The van der Waals surface area contributed by atoms with Crippen LogP contribution in [0.2, 0.25) is 5.02 Å². The van der Waals surface area contributed by atoms with Crippen LogP contribution in [0.25, 0.3) is 0 Å². The summed E-state index contributed by atoms with van der Waals surface area (Å²) in [7, 11) is 3.88. The van der Waals surface area contributed by atoms with Crippen LogP contribution in [0.5, 0.6) is 0 Å². The van der Waals surface area contributed by atoms with Crippen LogP contribution in [0.4, 0.5) is 0 Å². The van der Waals surface area contributed by atoms with Crippen molar-refractivity contribution < 1.29 is 0 Å². The van der Waals surface area contributed by atoms with Crippen molar-refractivity contribution in [3.8, 4) is 0 Å². The van der Waals surface area contributed by atoms with Crippen LogP contribution in [0.15, 0.2) is 29.3 Å². The number of guanidine groups is 1. The lowest BCUT2D eigenvalue weighted by atomic mass is 10.1. The molecule has 1 saturated heterocycles. The molecule has 1 aromatic carbocycles. The normalized spacial score (nSPS) is 17.3. The summed E-state index contributed by atoms with van der Waals surface area (Å²) >= 11 is 6.28. The highest BCUT2D eigenvalue weighted by Gasteiger charge is 2.18. The number of nitrogens with zero attached hydrogens (tertiary/aromatic N) is 4. The minimum Gasteiger partial charge on any atom is -0.356 e. The van der Waals surface area contributed by atoms with Crippen LogP contribution in [0, 0.1) is 5.92 Å². The first-order valence-corrected chi connectivity index (χ1v) is 10.0. The number of piperazine rings is 1. The number of aliphatic imine (C=N–C) groups is 1. The number of rotatable bonds is 7. The molecule has 2 rings (SSSR count). The van der Waals surface area contributed by atoms with E-state index in [9.17, 15) is 0 Å². The molecule has 0 saturated carbocycles. The van der Waals surface area contributed by atoms with Gasteiger partial charge in [-0.2, -0.15) is 0 Å². The molecule has 1 aliphatic rings. The number of likely N-dealkylation sites (N-methyl/N-ethyl adjacent to an activating group) is 1. The molecule has 1 unspecified atom stereocenters. The van der Waals surface area contributed by atoms with Gasteiger partial charge in [-0.3, -0.25) is 4.99 Å². The van der Waals surface area contributed by atoms with E-state index in [0.717, 1.165) is 36.2 Å². The Labute approximate surface area is 187 Å². The highest BCUT2D eigenvalue weighted by molar-refractivity contribution is 14.0. The van der Waals surface area contributed by atoms with Crippen LogP contribution in [-0.2, 0) is 6.54 Å². The summed E-state index contributed by atoms with van der Waals surface area (Å²) in [6.07, 6.45) is 0. The third kappa shape index (κ3) is 8.13. The summed E-state index contributed by atoms with van der Waals surface area (Å²) < 4.78 is 0. The molecule has 1 fully saturated rings. The minimum absolute atomic E-state index is 0. The molecule has 1 heterocycles. The van der Waals surface area contributed by atoms with Crippen molar-refractivity contribution in [2.75, 3.05) is 59.9 Å². The molecule has 1 aromatic rings. The van der Waals surface area contributed by atoms with E-state index in [1.165, 1.54) is 32.7 Å². The topological polar surface area (TPSA) is 34.1 Å². The van der Waals surface area contributed by atoms with Gasteiger partial charge >= 0.3 is 0 Å². The molecule has 1 atom stereocenters. The molecule has 1 aliphatic heterocycles. The van der Waals surface area contributed by atoms with Gasteiger partial charge in [0.05, 0.1) is 0 Å². The summed E-state index contributed by atoms with van der Waals surface area (Å²) in [4.78, 5) is 11.6. The first kappa shape index (κ1) is 24.5. The molecule has 0 aromatic heterocycles. The molecule has 0 bridgehead atoms. The molecule has 7 heteroatoms. The number of benzene rings is 1.